The minimum atomic E-state index is -0.305. The van der Waals surface area contributed by atoms with Gasteiger partial charge in [-0.1, -0.05) is 115 Å². The number of hydrogen-bond donors (Lipinski definition) is 1. The largest absolute Gasteiger partial charge is 0.368 e. The summed E-state index contributed by atoms with van der Waals surface area (Å²) < 4.78 is 7.88. The van der Waals surface area contributed by atoms with Crippen LogP contribution in [0, 0.1) is 0 Å². The van der Waals surface area contributed by atoms with Gasteiger partial charge < -0.3 is 14.6 Å². The molecule has 37 heavy (non-hydrogen) atoms. The number of aromatic nitrogens is 2. The number of carbonyl (C=O) groups excluding carboxylic acids is 1. The molecule has 1 amide bonds. The Morgan fingerprint density at radius 2 is 1.49 bits per heavy atom. The van der Waals surface area contributed by atoms with Crippen LogP contribution in [0.2, 0.25) is 0 Å². The summed E-state index contributed by atoms with van der Waals surface area (Å²) in [6.07, 6.45) is 23.5. The number of aryl methyl sites for hydroxylation is 1. The summed E-state index contributed by atoms with van der Waals surface area (Å²) in [5.74, 6) is 0.944. The highest BCUT2D eigenvalue weighted by atomic mass is 16.5. The van der Waals surface area contributed by atoms with E-state index in [1.807, 2.05) is 13.0 Å². The number of unbranched alkanes of at least 4 members (excludes halogenated alkanes) is 15. The van der Waals surface area contributed by atoms with Crippen LogP contribution in [0.15, 0.2) is 24.3 Å². The zero-order valence-corrected chi connectivity index (χ0v) is 23.8. The lowest BCUT2D eigenvalue weighted by Crippen LogP contribution is -2.36. The number of nitrogens with zero attached hydrogens (tertiary/aromatic N) is 2. The van der Waals surface area contributed by atoms with Crippen LogP contribution in [-0.2, 0) is 16.1 Å². The summed E-state index contributed by atoms with van der Waals surface area (Å²) in [7, 11) is 0. The van der Waals surface area contributed by atoms with E-state index in [-0.39, 0.29) is 18.1 Å². The van der Waals surface area contributed by atoms with Crippen LogP contribution in [0.5, 0.6) is 0 Å². The van der Waals surface area contributed by atoms with Gasteiger partial charge in [-0.2, -0.15) is 0 Å². The van der Waals surface area contributed by atoms with E-state index >= 15 is 0 Å². The van der Waals surface area contributed by atoms with Gasteiger partial charge in [0.25, 0.3) is 0 Å². The Hall–Kier alpha value is -1.88. The Morgan fingerprint density at radius 3 is 2.05 bits per heavy atom. The number of carbonyl (C=O) groups is 1. The third-order valence-electron chi connectivity index (χ3n) is 7.89. The minimum absolute atomic E-state index is 0.00832. The molecule has 208 valence electrons. The summed E-state index contributed by atoms with van der Waals surface area (Å²) in [5, 5.41) is 3.15. The monoisotopic (exact) mass is 511 g/mol. The van der Waals surface area contributed by atoms with Gasteiger partial charge in [0.15, 0.2) is 0 Å². The van der Waals surface area contributed by atoms with Crippen molar-refractivity contribution in [2.75, 3.05) is 6.61 Å². The van der Waals surface area contributed by atoms with Gasteiger partial charge in [0.1, 0.15) is 11.9 Å². The van der Waals surface area contributed by atoms with E-state index in [1.165, 1.54) is 96.3 Å². The molecular formula is C32H53N3O2. The van der Waals surface area contributed by atoms with Gasteiger partial charge in [0, 0.05) is 13.2 Å². The molecule has 1 fully saturated rings. The van der Waals surface area contributed by atoms with E-state index in [9.17, 15) is 4.79 Å². The molecule has 2 heterocycles. The summed E-state index contributed by atoms with van der Waals surface area (Å²) >= 11 is 0. The number of fused-ring (bicyclic) bond motifs is 1. The number of ether oxygens (including phenoxy) is 1. The van der Waals surface area contributed by atoms with Crippen LogP contribution >= 0.6 is 0 Å². The lowest BCUT2D eigenvalue weighted by Gasteiger charge is -2.18. The van der Waals surface area contributed by atoms with E-state index in [1.54, 1.807) is 0 Å². The van der Waals surface area contributed by atoms with Crippen molar-refractivity contribution in [3.05, 3.63) is 30.1 Å². The molecule has 1 saturated heterocycles. The van der Waals surface area contributed by atoms with E-state index in [0.717, 1.165) is 42.7 Å². The second kappa shape index (κ2) is 17.6. The van der Waals surface area contributed by atoms with Crippen molar-refractivity contribution < 1.29 is 9.53 Å². The van der Waals surface area contributed by atoms with Gasteiger partial charge in [0.05, 0.1) is 17.1 Å². The highest BCUT2D eigenvalue weighted by molar-refractivity contribution is 5.81. The van der Waals surface area contributed by atoms with E-state index in [0.29, 0.717) is 6.61 Å². The maximum atomic E-state index is 12.6. The molecule has 1 aliphatic rings. The SMILES string of the molecule is CCCCCCCCCCCCCCCCCCn1c(C(C)NC(=O)C2CCCO2)nc2ccccc21. The first-order valence-electron chi connectivity index (χ1n) is 15.6. The molecule has 2 aromatic rings. The maximum Gasteiger partial charge on any atom is 0.249 e. The normalized spacial score (nSPS) is 16.4. The fraction of sp³-hybridized carbons (Fsp3) is 0.750. The molecule has 0 bridgehead atoms. The van der Waals surface area contributed by atoms with Gasteiger partial charge in [-0.25, -0.2) is 4.98 Å². The fourth-order valence-corrected chi connectivity index (χ4v) is 5.63. The molecule has 5 heteroatoms. The summed E-state index contributed by atoms with van der Waals surface area (Å²) in [5.41, 5.74) is 2.17. The molecule has 2 atom stereocenters. The molecule has 1 aliphatic heterocycles. The van der Waals surface area contributed by atoms with E-state index < -0.39 is 0 Å². The molecule has 1 aromatic carbocycles. The fourth-order valence-electron chi connectivity index (χ4n) is 5.63. The average molecular weight is 512 g/mol. The smallest absolute Gasteiger partial charge is 0.249 e. The van der Waals surface area contributed by atoms with Gasteiger partial charge in [-0.3, -0.25) is 4.79 Å². The van der Waals surface area contributed by atoms with Crippen molar-refractivity contribution in [2.45, 2.75) is 148 Å². The molecule has 0 aliphatic carbocycles. The predicted molar refractivity (Wildman–Crippen MR) is 155 cm³/mol. The lowest BCUT2D eigenvalue weighted by molar-refractivity contribution is -0.130. The average Bonchev–Trinajstić information content (AvgIpc) is 3.57. The lowest BCUT2D eigenvalue weighted by atomic mass is 10.0. The Bertz CT molecular complexity index is 887. The Kier molecular flexibility index (Phi) is 14.1. The molecule has 2 unspecified atom stereocenters. The first-order chi connectivity index (χ1) is 18.2. The van der Waals surface area contributed by atoms with Crippen molar-refractivity contribution in [1.82, 2.24) is 14.9 Å². The van der Waals surface area contributed by atoms with Gasteiger partial charge in [-0.15, -0.1) is 0 Å². The third-order valence-corrected chi connectivity index (χ3v) is 7.89. The number of nitrogens with one attached hydrogen (secondary N) is 1. The van der Waals surface area contributed by atoms with Crippen LogP contribution in [-0.4, -0.2) is 28.2 Å². The number of rotatable bonds is 20. The van der Waals surface area contributed by atoms with Crippen LogP contribution in [0.4, 0.5) is 0 Å². The van der Waals surface area contributed by atoms with Crippen LogP contribution in [0.3, 0.4) is 0 Å². The highest BCUT2D eigenvalue weighted by Crippen LogP contribution is 2.23. The number of imidazole rings is 1. The first-order valence-corrected chi connectivity index (χ1v) is 15.6. The Labute approximate surface area is 226 Å². The molecule has 5 nitrogen and oxygen atoms in total. The van der Waals surface area contributed by atoms with Crippen molar-refractivity contribution in [1.29, 1.82) is 0 Å². The van der Waals surface area contributed by atoms with Crippen LogP contribution in [0.25, 0.3) is 11.0 Å². The number of benzene rings is 1. The zero-order chi connectivity index (χ0) is 26.1. The summed E-state index contributed by atoms with van der Waals surface area (Å²) in [4.78, 5) is 17.5. The second-order valence-corrected chi connectivity index (χ2v) is 11.1. The van der Waals surface area contributed by atoms with E-state index in [4.69, 9.17) is 9.72 Å². The molecule has 0 radical (unpaired) electrons. The number of hydrogen-bond acceptors (Lipinski definition) is 3. The molecule has 1 aromatic heterocycles. The number of para-hydroxylation sites is 2. The topological polar surface area (TPSA) is 56.2 Å². The predicted octanol–water partition coefficient (Wildman–Crippen LogP) is 8.65. The molecule has 1 N–H and O–H groups in total. The van der Waals surface area contributed by atoms with Gasteiger partial charge in [0.2, 0.25) is 5.91 Å². The van der Waals surface area contributed by atoms with Crippen molar-refractivity contribution in [2.24, 2.45) is 0 Å². The Balaban J connectivity index is 1.29. The molecular weight excluding hydrogens is 458 g/mol. The summed E-state index contributed by atoms with van der Waals surface area (Å²) in [6.45, 7) is 5.97. The standard InChI is InChI=1S/C32H53N3O2/c1-3-4-5-6-7-8-9-10-11-12-13-14-15-16-17-20-25-35-29-23-19-18-22-28(29)34-31(35)27(2)33-32(36)30-24-21-26-37-30/h18-19,22-23,27,30H,3-17,20-21,24-26H2,1-2H3,(H,33,36). The second-order valence-electron chi connectivity index (χ2n) is 11.1. The van der Waals surface area contributed by atoms with Gasteiger partial charge >= 0.3 is 0 Å². The van der Waals surface area contributed by atoms with Crippen LogP contribution < -0.4 is 5.32 Å². The molecule has 0 spiro atoms. The van der Waals surface area contributed by atoms with Crippen molar-refractivity contribution in [3.8, 4) is 0 Å². The maximum absolute atomic E-state index is 12.6. The quantitative estimate of drug-likeness (QED) is 0.181. The molecule has 3 rings (SSSR count). The van der Waals surface area contributed by atoms with Crippen molar-refractivity contribution >= 4 is 16.9 Å². The highest BCUT2D eigenvalue weighted by Gasteiger charge is 2.26. The Morgan fingerprint density at radius 1 is 0.919 bits per heavy atom. The van der Waals surface area contributed by atoms with E-state index in [2.05, 4.69) is 35.0 Å². The molecule has 0 saturated carbocycles. The summed E-state index contributed by atoms with van der Waals surface area (Å²) in [6, 6.07) is 8.19. The third kappa shape index (κ3) is 10.4. The van der Waals surface area contributed by atoms with Crippen molar-refractivity contribution in [3.63, 3.8) is 0 Å². The first kappa shape index (κ1) is 29.7. The minimum Gasteiger partial charge on any atom is -0.368 e. The van der Waals surface area contributed by atoms with Gasteiger partial charge in [-0.05, 0) is 38.3 Å². The van der Waals surface area contributed by atoms with Crippen LogP contribution in [0.1, 0.15) is 141 Å². The number of amides is 1. The zero-order valence-electron chi connectivity index (χ0n) is 23.8.